The number of carbonyl (C=O) groups excluding carboxylic acids is 1. The Labute approximate surface area is 127 Å². The number of amides is 1. The smallest absolute Gasteiger partial charge is 0.239 e. The van der Waals surface area contributed by atoms with Crippen LogP contribution in [-0.2, 0) is 11.3 Å². The van der Waals surface area contributed by atoms with Crippen LogP contribution in [0.3, 0.4) is 0 Å². The van der Waals surface area contributed by atoms with E-state index in [0.717, 1.165) is 5.52 Å². The van der Waals surface area contributed by atoms with Crippen LogP contribution < -0.4 is 5.32 Å². The average Bonchev–Trinajstić information content (AvgIpc) is 3.15. The highest BCUT2D eigenvalue weighted by Crippen LogP contribution is 2.20. The number of carbonyl (C=O) groups is 1. The lowest BCUT2D eigenvalue weighted by Gasteiger charge is -2.10. The Kier molecular flexibility index (Phi) is 3.86. The van der Waals surface area contributed by atoms with Crippen molar-refractivity contribution in [1.82, 2.24) is 30.5 Å². The highest BCUT2D eigenvalue weighted by Gasteiger charge is 2.13. The second-order valence-corrected chi connectivity index (χ2v) is 5.43. The Balaban J connectivity index is 1.64. The van der Waals surface area contributed by atoms with Crippen LogP contribution in [0, 0.1) is 6.92 Å². The minimum atomic E-state index is -0.0314. The van der Waals surface area contributed by atoms with Crippen molar-refractivity contribution >= 4 is 16.8 Å². The molecule has 0 saturated carbocycles. The van der Waals surface area contributed by atoms with Gasteiger partial charge in [-0.1, -0.05) is 30.3 Å². The third-order valence-electron chi connectivity index (χ3n) is 3.71. The van der Waals surface area contributed by atoms with Crippen molar-refractivity contribution in [1.29, 1.82) is 0 Å². The molecule has 1 atom stereocenters. The number of H-pyrrole nitrogens is 1. The number of aromatic nitrogens is 5. The van der Waals surface area contributed by atoms with Crippen molar-refractivity contribution < 1.29 is 4.79 Å². The standard InChI is InChI=1S/C15H18N6O/c1-10(15-17-19-20-18-15)7-16-14(22)9-21-8-11(2)12-5-3-4-6-13(12)21/h3-6,8,10H,7,9H2,1-2H3,(H,16,22)(H,17,18,19,20). The zero-order chi connectivity index (χ0) is 15.5. The average molecular weight is 298 g/mol. The first-order chi connectivity index (χ1) is 10.6. The van der Waals surface area contributed by atoms with E-state index in [0.29, 0.717) is 18.9 Å². The molecule has 3 aromatic rings. The summed E-state index contributed by atoms with van der Waals surface area (Å²) < 4.78 is 1.97. The molecule has 1 amide bonds. The van der Waals surface area contributed by atoms with Gasteiger partial charge < -0.3 is 9.88 Å². The number of hydrogen-bond donors (Lipinski definition) is 2. The number of para-hydroxylation sites is 1. The first-order valence-electron chi connectivity index (χ1n) is 7.19. The van der Waals surface area contributed by atoms with E-state index in [2.05, 4.69) is 38.9 Å². The Hall–Kier alpha value is -2.70. The number of hydrogen-bond acceptors (Lipinski definition) is 4. The molecule has 0 aliphatic heterocycles. The molecule has 0 aliphatic rings. The molecule has 1 unspecified atom stereocenters. The SMILES string of the molecule is Cc1cn(CC(=O)NCC(C)c2nn[nH]n2)c2ccccc12. The molecular formula is C15H18N6O. The van der Waals surface area contributed by atoms with Crippen LogP contribution in [-0.4, -0.2) is 37.6 Å². The van der Waals surface area contributed by atoms with Crippen LogP contribution >= 0.6 is 0 Å². The fourth-order valence-electron chi connectivity index (χ4n) is 2.51. The molecule has 0 aliphatic carbocycles. The summed E-state index contributed by atoms with van der Waals surface area (Å²) in [6.07, 6.45) is 2.01. The quantitative estimate of drug-likeness (QED) is 0.745. The molecule has 3 rings (SSSR count). The van der Waals surface area contributed by atoms with Crippen molar-refractivity contribution in [3.63, 3.8) is 0 Å². The van der Waals surface area contributed by atoms with Crippen LogP contribution in [0.4, 0.5) is 0 Å². The fourth-order valence-corrected chi connectivity index (χ4v) is 2.51. The maximum absolute atomic E-state index is 12.1. The van der Waals surface area contributed by atoms with Gasteiger partial charge >= 0.3 is 0 Å². The summed E-state index contributed by atoms with van der Waals surface area (Å²) >= 11 is 0. The van der Waals surface area contributed by atoms with Gasteiger partial charge in [0, 0.05) is 29.6 Å². The number of nitrogens with one attached hydrogen (secondary N) is 2. The Bertz CT molecular complexity index is 777. The van der Waals surface area contributed by atoms with E-state index in [9.17, 15) is 4.79 Å². The van der Waals surface area contributed by atoms with Gasteiger partial charge in [0.2, 0.25) is 5.91 Å². The highest BCUT2D eigenvalue weighted by atomic mass is 16.1. The molecule has 7 nitrogen and oxygen atoms in total. The van der Waals surface area contributed by atoms with Crippen molar-refractivity contribution in [2.45, 2.75) is 26.3 Å². The molecule has 2 N–H and O–H groups in total. The van der Waals surface area contributed by atoms with Crippen LogP contribution in [0.2, 0.25) is 0 Å². The molecule has 114 valence electrons. The molecule has 7 heteroatoms. The molecule has 22 heavy (non-hydrogen) atoms. The molecule has 0 bridgehead atoms. The minimum Gasteiger partial charge on any atom is -0.354 e. The summed E-state index contributed by atoms with van der Waals surface area (Å²) in [6.45, 7) is 4.78. The van der Waals surface area contributed by atoms with Crippen molar-refractivity contribution in [2.75, 3.05) is 6.54 Å². The predicted molar refractivity (Wildman–Crippen MR) is 82.3 cm³/mol. The van der Waals surface area contributed by atoms with E-state index in [4.69, 9.17) is 0 Å². The highest BCUT2D eigenvalue weighted by molar-refractivity contribution is 5.85. The Morgan fingerprint density at radius 3 is 3.00 bits per heavy atom. The third-order valence-corrected chi connectivity index (χ3v) is 3.71. The summed E-state index contributed by atoms with van der Waals surface area (Å²) in [7, 11) is 0. The van der Waals surface area contributed by atoms with E-state index in [1.807, 2.05) is 35.9 Å². The zero-order valence-electron chi connectivity index (χ0n) is 12.6. The van der Waals surface area contributed by atoms with Gasteiger partial charge in [0.1, 0.15) is 6.54 Å². The van der Waals surface area contributed by atoms with E-state index < -0.39 is 0 Å². The number of fused-ring (bicyclic) bond motifs is 1. The zero-order valence-corrected chi connectivity index (χ0v) is 12.6. The van der Waals surface area contributed by atoms with E-state index in [-0.39, 0.29) is 11.8 Å². The largest absolute Gasteiger partial charge is 0.354 e. The number of rotatable bonds is 5. The molecule has 0 fully saturated rings. The molecule has 0 spiro atoms. The molecule has 2 aromatic heterocycles. The normalized spacial score (nSPS) is 12.5. The first kappa shape index (κ1) is 14.2. The number of nitrogens with zero attached hydrogens (tertiary/aromatic N) is 4. The third kappa shape index (κ3) is 2.83. The van der Waals surface area contributed by atoms with Gasteiger partial charge in [-0.2, -0.15) is 5.21 Å². The number of aromatic amines is 1. The van der Waals surface area contributed by atoms with Crippen molar-refractivity contribution in [3.05, 3.63) is 41.9 Å². The van der Waals surface area contributed by atoms with E-state index in [1.165, 1.54) is 10.9 Å². The predicted octanol–water partition coefficient (Wildman–Crippen LogP) is 1.38. The summed E-state index contributed by atoms with van der Waals surface area (Å²) in [6, 6.07) is 8.08. The number of tetrazole rings is 1. The first-order valence-corrected chi connectivity index (χ1v) is 7.19. The molecule has 0 radical (unpaired) electrons. The van der Waals surface area contributed by atoms with Gasteiger partial charge in [-0.15, -0.1) is 10.2 Å². The monoisotopic (exact) mass is 298 g/mol. The second-order valence-electron chi connectivity index (χ2n) is 5.43. The van der Waals surface area contributed by atoms with Crippen molar-refractivity contribution in [2.24, 2.45) is 0 Å². The summed E-state index contributed by atoms with van der Waals surface area (Å²) in [5.41, 5.74) is 2.24. The van der Waals surface area contributed by atoms with Crippen LogP contribution in [0.25, 0.3) is 10.9 Å². The van der Waals surface area contributed by atoms with E-state index >= 15 is 0 Å². The number of aryl methyl sites for hydroxylation is 1. The molecule has 0 saturated heterocycles. The summed E-state index contributed by atoms with van der Waals surface area (Å²) in [5, 5.41) is 17.9. The number of benzene rings is 1. The van der Waals surface area contributed by atoms with Gasteiger partial charge in [0.15, 0.2) is 5.82 Å². The molecule has 2 heterocycles. The minimum absolute atomic E-state index is 0.0193. The summed E-state index contributed by atoms with van der Waals surface area (Å²) in [4.78, 5) is 12.1. The topological polar surface area (TPSA) is 88.5 Å². The Morgan fingerprint density at radius 2 is 2.23 bits per heavy atom. The van der Waals surface area contributed by atoms with Gasteiger partial charge in [0.25, 0.3) is 0 Å². The lowest BCUT2D eigenvalue weighted by Crippen LogP contribution is -2.30. The molecular weight excluding hydrogens is 280 g/mol. The lowest BCUT2D eigenvalue weighted by atomic mass is 10.2. The maximum atomic E-state index is 12.1. The van der Waals surface area contributed by atoms with E-state index in [1.54, 1.807) is 0 Å². The lowest BCUT2D eigenvalue weighted by molar-refractivity contribution is -0.121. The Morgan fingerprint density at radius 1 is 1.41 bits per heavy atom. The maximum Gasteiger partial charge on any atom is 0.239 e. The van der Waals surface area contributed by atoms with Crippen molar-refractivity contribution in [3.8, 4) is 0 Å². The van der Waals surface area contributed by atoms with Crippen LogP contribution in [0.5, 0.6) is 0 Å². The van der Waals surface area contributed by atoms with Gasteiger partial charge in [-0.3, -0.25) is 4.79 Å². The summed E-state index contributed by atoms with van der Waals surface area (Å²) in [5.74, 6) is 0.587. The van der Waals surface area contributed by atoms with Crippen LogP contribution in [0.15, 0.2) is 30.5 Å². The van der Waals surface area contributed by atoms with Gasteiger partial charge in [0.05, 0.1) is 0 Å². The second kappa shape index (κ2) is 5.97. The van der Waals surface area contributed by atoms with Gasteiger partial charge in [-0.25, -0.2) is 0 Å². The fraction of sp³-hybridized carbons (Fsp3) is 0.333. The van der Waals surface area contributed by atoms with Gasteiger partial charge in [-0.05, 0) is 18.6 Å². The molecule has 1 aromatic carbocycles. The van der Waals surface area contributed by atoms with Crippen LogP contribution in [0.1, 0.15) is 24.2 Å².